The summed E-state index contributed by atoms with van der Waals surface area (Å²) in [5.41, 5.74) is 6.84. The van der Waals surface area contributed by atoms with Gasteiger partial charge in [-0.1, -0.05) is 19.1 Å². The first-order valence-electron chi connectivity index (χ1n) is 6.57. The lowest BCUT2D eigenvalue weighted by molar-refractivity contribution is -0.126. The van der Waals surface area contributed by atoms with Gasteiger partial charge in [-0.05, 0) is 44.2 Å². The van der Waals surface area contributed by atoms with Gasteiger partial charge < -0.3 is 11.1 Å². The molecule has 0 heterocycles. The van der Waals surface area contributed by atoms with Crippen LogP contribution in [0.3, 0.4) is 0 Å². The summed E-state index contributed by atoms with van der Waals surface area (Å²) in [6, 6.07) is 7.75. The molecule has 0 fully saturated rings. The Morgan fingerprint density at radius 1 is 1.37 bits per heavy atom. The molecule has 0 radical (unpaired) electrons. The molecule has 3 N–H and O–H groups in total. The zero-order valence-corrected chi connectivity index (χ0v) is 13.0. The Morgan fingerprint density at radius 2 is 1.95 bits per heavy atom. The maximum atomic E-state index is 12.4. The van der Waals surface area contributed by atoms with Crippen molar-refractivity contribution in [1.82, 2.24) is 5.32 Å². The Kier molecular flexibility index (Phi) is 5.73. The highest BCUT2D eigenvalue weighted by molar-refractivity contribution is 7.98. The summed E-state index contributed by atoms with van der Waals surface area (Å²) in [5, 5.41) is 3.13. The van der Waals surface area contributed by atoms with Crippen molar-refractivity contribution in [2.75, 3.05) is 17.7 Å². The van der Waals surface area contributed by atoms with Crippen molar-refractivity contribution in [2.24, 2.45) is 0 Å². The SMILES string of the molecule is CCC(CSC)NC(=O)C(C)(C)c1ccc(N)cc1. The van der Waals surface area contributed by atoms with Gasteiger partial charge in [0.15, 0.2) is 0 Å². The van der Waals surface area contributed by atoms with Crippen LogP contribution in [0, 0.1) is 0 Å². The molecule has 0 saturated carbocycles. The molecule has 4 heteroatoms. The molecule has 3 nitrogen and oxygen atoms in total. The van der Waals surface area contributed by atoms with Crippen molar-refractivity contribution in [2.45, 2.75) is 38.6 Å². The maximum Gasteiger partial charge on any atom is 0.230 e. The predicted molar refractivity (Wildman–Crippen MR) is 84.5 cm³/mol. The van der Waals surface area contributed by atoms with Crippen LogP contribution in [0.4, 0.5) is 5.69 Å². The molecule has 106 valence electrons. The summed E-state index contributed by atoms with van der Waals surface area (Å²) < 4.78 is 0. The minimum absolute atomic E-state index is 0.0678. The Hall–Kier alpha value is -1.16. The lowest BCUT2D eigenvalue weighted by Gasteiger charge is -2.27. The lowest BCUT2D eigenvalue weighted by Crippen LogP contribution is -2.45. The summed E-state index contributed by atoms with van der Waals surface area (Å²) in [5.74, 6) is 1.01. The highest BCUT2D eigenvalue weighted by Crippen LogP contribution is 2.24. The molecule has 0 aliphatic heterocycles. The minimum Gasteiger partial charge on any atom is -0.399 e. The number of anilines is 1. The van der Waals surface area contributed by atoms with Crippen LogP contribution in [0.25, 0.3) is 0 Å². The zero-order chi connectivity index (χ0) is 14.5. The average Bonchev–Trinajstić information content (AvgIpc) is 2.38. The number of thioether (sulfide) groups is 1. The van der Waals surface area contributed by atoms with Crippen LogP contribution in [0.5, 0.6) is 0 Å². The zero-order valence-electron chi connectivity index (χ0n) is 12.2. The number of nitrogens with one attached hydrogen (secondary N) is 1. The summed E-state index contributed by atoms with van der Waals surface area (Å²) in [6.07, 6.45) is 3.00. The highest BCUT2D eigenvalue weighted by Gasteiger charge is 2.30. The van der Waals surface area contributed by atoms with E-state index in [4.69, 9.17) is 5.73 Å². The fourth-order valence-corrected chi connectivity index (χ4v) is 2.58. The Bertz CT molecular complexity index is 415. The van der Waals surface area contributed by atoms with Crippen molar-refractivity contribution in [3.05, 3.63) is 29.8 Å². The first-order chi connectivity index (χ1) is 8.91. The second-order valence-corrected chi connectivity index (χ2v) is 6.19. The van der Waals surface area contributed by atoms with E-state index < -0.39 is 5.41 Å². The van der Waals surface area contributed by atoms with Crippen molar-refractivity contribution >= 4 is 23.4 Å². The van der Waals surface area contributed by atoms with E-state index in [0.717, 1.165) is 17.7 Å². The number of carbonyl (C=O) groups excluding carboxylic acids is 1. The van der Waals surface area contributed by atoms with Crippen LogP contribution >= 0.6 is 11.8 Å². The largest absolute Gasteiger partial charge is 0.399 e. The Balaban J connectivity index is 2.81. The predicted octanol–water partition coefficient (Wildman–Crippen LogP) is 2.80. The summed E-state index contributed by atoms with van der Waals surface area (Å²) >= 11 is 1.75. The number of hydrogen-bond acceptors (Lipinski definition) is 3. The van der Waals surface area contributed by atoms with Gasteiger partial charge in [0.1, 0.15) is 0 Å². The van der Waals surface area contributed by atoms with E-state index in [0.29, 0.717) is 5.69 Å². The van der Waals surface area contributed by atoms with E-state index in [1.807, 2.05) is 38.1 Å². The van der Waals surface area contributed by atoms with Crippen LogP contribution in [0.2, 0.25) is 0 Å². The molecule has 1 amide bonds. The van der Waals surface area contributed by atoms with Gasteiger partial charge in [-0.25, -0.2) is 0 Å². The average molecular weight is 280 g/mol. The molecule has 0 aromatic heterocycles. The fourth-order valence-electron chi connectivity index (χ4n) is 1.86. The summed E-state index contributed by atoms with van der Waals surface area (Å²) in [7, 11) is 0. The molecule has 1 atom stereocenters. The third kappa shape index (κ3) is 4.16. The first-order valence-corrected chi connectivity index (χ1v) is 7.97. The first kappa shape index (κ1) is 15.9. The second kappa shape index (κ2) is 6.85. The number of nitrogen functional groups attached to an aromatic ring is 1. The molecule has 0 aliphatic rings. The van der Waals surface area contributed by atoms with E-state index in [-0.39, 0.29) is 11.9 Å². The molecule has 1 rings (SSSR count). The molecular weight excluding hydrogens is 256 g/mol. The van der Waals surface area contributed by atoms with E-state index in [2.05, 4.69) is 18.5 Å². The quantitative estimate of drug-likeness (QED) is 0.788. The number of benzene rings is 1. The number of amides is 1. The third-order valence-corrected chi connectivity index (χ3v) is 4.13. The summed E-state index contributed by atoms with van der Waals surface area (Å²) in [6.45, 7) is 5.98. The molecular formula is C15H24N2OS. The van der Waals surface area contributed by atoms with Gasteiger partial charge in [-0.3, -0.25) is 4.79 Å². The van der Waals surface area contributed by atoms with Crippen molar-refractivity contribution in [3.63, 3.8) is 0 Å². The van der Waals surface area contributed by atoms with Gasteiger partial charge in [-0.2, -0.15) is 11.8 Å². The third-order valence-electron chi connectivity index (χ3n) is 3.40. The van der Waals surface area contributed by atoms with Crippen LogP contribution in [-0.2, 0) is 10.2 Å². The van der Waals surface area contributed by atoms with Gasteiger partial charge in [0.05, 0.1) is 5.41 Å². The van der Waals surface area contributed by atoms with E-state index in [9.17, 15) is 4.79 Å². The summed E-state index contributed by atoms with van der Waals surface area (Å²) in [4.78, 5) is 12.4. The Labute approximate surface area is 120 Å². The van der Waals surface area contributed by atoms with Crippen molar-refractivity contribution < 1.29 is 4.79 Å². The Morgan fingerprint density at radius 3 is 2.42 bits per heavy atom. The van der Waals surface area contributed by atoms with Crippen LogP contribution in [0.15, 0.2) is 24.3 Å². The topological polar surface area (TPSA) is 55.1 Å². The minimum atomic E-state index is -0.542. The van der Waals surface area contributed by atoms with Gasteiger partial charge in [-0.15, -0.1) is 0 Å². The standard InChI is InChI=1S/C15H24N2OS/c1-5-13(10-19-4)17-14(18)15(2,3)11-6-8-12(16)9-7-11/h6-9,13H,5,10,16H2,1-4H3,(H,17,18). The number of hydrogen-bond donors (Lipinski definition) is 2. The van der Waals surface area contributed by atoms with Crippen LogP contribution in [0.1, 0.15) is 32.8 Å². The molecule has 0 spiro atoms. The molecule has 0 saturated heterocycles. The smallest absolute Gasteiger partial charge is 0.230 e. The van der Waals surface area contributed by atoms with Gasteiger partial charge in [0, 0.05) is 17.5 Å². The van der Waals surface area contributed by atoms with Crippen molar-refractivity contribution in [3.8, 4) is 0 Å². The van der Waals surface area contributed by atoms with Crippen LogP contribution < -0.4 is 11.1 Å². The van der Waals surface area contributed by atoms with E-state index >= 15 is 0 Å². The molecule has 1 aromatic carbocycles. The fraction of sp³-hybridized carbons (Fsp3) is 0.533. The van der Waals surface area contributed by atoms with E-state index in [1.165, 1.54) is 0 Å². The van der Waals surface area contributed by atoms with Gasteiger partial charge >= 0.3 is 0 Å². The number of carbonyl (C=O) groups is 1. The van der Waals surface area contributed by atoms with E-state index in [1.54, 1.807) is 11.8 Å². The molecule has 19 heavy (non-hydrogen) atoms. The normalized spacial score (nSPS) is 13.1. The molecule has 0 bridgehead atoms. The number of nitrogens with two attached hydrogens (primary N) is 1. The highest BCUT2D eigenvalue weighted by atomic mass is 32.2. The maximum absolute atomic E-state index is 12.4. The van der Waals surface area contributed by atoms with Crippen LogP contribution in [-0.4, -0.2) is 24.0 Å². The lowest BCUT2D eigenvalue weighted by atomic mass is 9.83. The second-order valence-electron chi connectivity index (χ2n) is 5.28. The van der Waals surface area contributed by atoms with Gasteiger partial charge in [0.25, 0.3) is 0 Å². The molecule has 1 aromatic rings. The molecule has 0 aliphatic carbocycles. The van der Waals surface area contributed by atoms with Crippen molar-refractivity contribution in [1.29, 1.82) is 0 Å². The molecule has 1 unspecified atom stereocenters. The van der Waals surface area contributed by atoms with Gasteiger partial charge in [0.2, 0.25) is 5.91 Å². The monoisotopic (exact) mass is 280 g/mol. The number of rotatable bonds is 6.